The van der Waals surface area contributed by atoms with E-state index in [0.717, 1.165) is 52.6 Å². The van der Waals surface area contributed by atoms with Crippen LogP contribution in [0.2, 0.25) is 0 Å². The van der Waals surface area contributed by atoms with E-state index in [2.05, 4.69) is 33.9 Å². The van der Waals surface area contributed by atoms with Crippen molar-refractivity contribution < 1.29 is 201 Å². The second-order valence-electron chi connectivity index (χ2n) is 32.9. The fourth-order valence-corrected chi connectivity index (χ4v) is 17.6. The van der Waals surface area contributed by atoms with Gasteiger partial charge in [0, 0.05) is 129 Å². The Balaban J connectivity index is 0.000000549. The van der Waals surface area contributed by atoms with Crippen molar-refractivity contribution >= 4 is 191 Å². The maximum absolute atomic E-state index is 14.0. The number of benzene rings is 5. The Morgan fingerprint density at radius 1 is 0.483 bits per heavy atom. The van der Waals surface area contributed by atoms with Crippen molar-refractivity contribution in [2.24, 2.45) is 11.8 Å². The first kappa shape index (κ1) is 123. The van der Waals surface area contributed by atoms with Gasteiger partial charge in [0.2, 0.25) is 47.0 Å². The van der Waals surface area contributed by atoms with Crippen molar-refractivity contribution in [2.45, 2.75) is 160 Å². The molecule has 57 heteroatoms. The molecule has 0 bridgehead atoms. The number of thiol groups is 1. The lowest BCUT2D eigenvalue weighted by molar-refractivity contribution is -0.151. The van der Waals surface area contributed by atoms with Crippen molar-refractivity contribution in [3.05, 3.63) is 131 Å². The van der Waals surface area contributed by atoms with Crippen LogP contribution in [0.5, 0.6) is 0 Å². The van der Waals surface area contributed by atoms with Gasteiger partial charge in [-0.15, -0.1) is 11.8 Å². The number of thioether (sulfide) groups is 1. The summed E-state index contributed by atoms with van der Waals surface area (Å²) in [6, 6.07) is 13.6. The number of ketones is 5. The number of likely N-dealkylation sites (tertiary alicyclic amines) is 1. The first-order valence-corrected chi connectivity index (χ1v) is 49.8. The van der Waals surface area contributed by atoms with Gasteiger partial charge in [0.25, 0.3) is 20.2 Å². The molecule has 149 heavy (non-hydrogen) atoms. The van der Waals surface area contributed by atoms with E-state index in [1.807, 2.05) is 21.3 Å². The van der Waals surface area contributed by atoms with Gasteiger partial charge in [0.1, 0.15) is 24.2 Å². The number of fused-ring (bicyclic) bond motifs is 2. The van der Waals surface area contributed by atoms with Gasteiger partial charge >= 0.3 is 65.8 Å². The van der Waals surface area contributed by atoms with E-state index >= 15 is 0 Å². The van der Waals surface area contributed by atoms with E-state index in [0.29, 0.717) is 5.56 Å². The number of amides is 10. The Morgan fingerprint density at radius 2 is 0.906 bits per heavy atom. The topological polar surface area (TPSA) is 866 Å². The standard InChI is InChI=1S/C60H65N7O27S3.C32H44N4O15S/c61-37-12-10-34-49(35-11-13-38(62)54(97(89,90)91)52(35)94-51(34)53(37)96(86,87)88)33-9-8-31(26-36(33)56(77)78)42(68)7-4-20-67-47(72)28-44(55(67)76)95-29-32(50(75)59(83)84)27-43(69)41(25-30-5-2-1-3-6-30)64-46(71)18-21-92-23-24-93-22-19-63-45(70)16-14-39(57(79)80)65-60(85)66-40(58(81)82)15-17-48(73)74;37-24(17-20(18-52)28(42)31(47)48)23(16-19-4-2-1-3-5-19)34-26(39)10-12-50-14-15-51-13-11-33-25(38)8-6-21(29(43)44)35-32(49)36-22(30(45)46)7-9-27(40)41/h1-3,5-6,8-13,26,32,39-41,44,61H,4,7,14-25,27-29,62H2,(H,63,70)(H,64,71)(H,73,74)(H,77,78)(H,79,80)(H,81,82)(H,83,84)(H2,65,66,85)(H,86,87,88)(H,89,90,91);1-5,20-23,52H,6-18H2,(H,33,38)(H,34,39)(H,40,41)(H,43,44)(H,45,46)(H,47,48)(H2,35,36,49)/t32?,39-,40-,41?,44?;20?,21-,22-,23?/m11/s1. The number of rotatable bonds is 67. The van der Waals surface area contributed by atoms with Gasteiger partial charge in [0.15, 0.2) is 38.5 Å². The van der Waals surface area contributed by atoms with Gasteiger partial charge in [-0.25, -0.2) is 43.2 Å². The summed E-state index contributed by atoms with van der Waals surface area (Å²) < 4.78 is 97.9. The minimum atomic E-state index is -5.32. The first-order chi connectivity index (χ1) is 70.3. The Morgan fingerprint density at radius 3 is 1.32 bits per heavy atom. The highest BCUT2D eigenvalue weighted by Crippen LogP contribution is 2.46. The molecule has 4 aromatic carbocycles. The third-order valence-electron chi connectivity index (χ3n) is 22.0. The third kappa shape index (κ3) is 40.6. The average Bonchev–Trinajstić information content (AvgIpc) is 1.00. The molecule has 1 saturated heterocycles. The molecule has 0 radical (unpaired) electrons. The molecule has 4 aromatic rings. The zero-order valence-corrected chi connectivity index (χ0v) is 82.3. The second kappa shape index (κ2) is 60.2. The van der Waals surface area contributed by atoms with Gasteiger partial charge in [-0.2, -0.15) is 29.5 Å². The molecule has 5 unspecified atom stereocenters. The summed E-state index contributed by atoms with van der Waals surface area (Å²) in [5.41, 5.74) is 4.20. The Kier molecular flexibility index (Phi) is 49.5. The number of carboxylic acids is 9. The Bertz CT molecular complexity index is 6210. The molecule has 2 aliphatic heterocycles. The van der Waals surface area contributed by atoms with Crippen molar-refractivity contribution in [3.8, 4) is 22.5 Å². The number of carboxylic acid groups (broad SMARTS) is 9. The predicted octanol–water partition coefficient (Wildman–Crippen LogP) is 0.891. The minimum absolute atomic E-state index is 0.0184. The van der Waals surface area contributed by atoms with Crippen LogP contribution < -0.4 is 53.6 Å². The maximum atomic E-state index is 14.0. The highest BCUT2D eigenvalue weighted by atomic mass is 32.2. The van der Waals surface area contributed by atoms with E-state index < -0.39 is 305 Å². The molecule has 1 fully saturated rings. The van der Waals surface area contributed by atoms with Gasteiger partial charge in [-0.3, -0.25) is 81.7 Å². The molecule has 3 aliphatic rings. The number of nitrogens with two attached hydrogens (primary N) is 1. The molecule has 0 saturated carbocycles. The number of nitrogen functional groups attached to an aromatic ring is 1. The number of carbonyl (C=O) groups excluding carboxylic acids is 13. The van der Waals surface area contributed by atoms with Crippen LogP contribution in [0.25, 0.3) is 33.4 Å². The van der Waals surface area contributed by atoms with Crippen molar-refractivity contribution in [1.82, 2.24) is 47.4 Å². The average molecular weight is 2170 g/mol. The quantitative estimate of drug-likeness (QED) is 0.00368. The predicted molar refractivity (Wildman–Crippen MR) is 516 cm³/mol. The van der Waals surface area contributed by atoms with Gasteiger partial charge in [-0.05, 0) is 92.0 Å². The van der Waals surface area contributed by atoms with Gasteiger partial charge in [-0.1, -0.05) is 72.8 Å². The summed E-state index contributed by atoms with van der Waals surface area (Å²) in [6.45, 7) is -0.364. The van der Waals surface area contributed by atoms with E-state index in [1.165, 1.54) is 12.1 Å². The molecule has 2 heterocycles. The molecule has 7 rings (SSSR count). The number of nitrogens with one attached hydrogen (secondary N) is 9. The van der Waals surface area contributed by atoms with Crippen LogP contribution in [0, 0.1) is 17.2 Å². The molecule has 9 atom stereocenters. The number of aromatic carboxylic acids is 1. The normalized spacial score (nSPS) is 14.0. The summed E-state index contributed by atoms with van der Waals surface area (Å²) in [7, 11) is -10.6. The maximum Gasteiger partial charge on any atom is 0.372 e. The fourth-order valence-electron chi connectivity index (χ4n) is 14.5. The summed E-state index contributed by atoms with van der Waals surface area (Å²) in [6.07, 6.45) is -5.91. The highest BCUT2D eigenvalue weighted by Gasteiger charge is 2.42. The van der Waals surface area contributed by atoms with Crippen molar-refractivity contribution in [3.63, 3.8) is 0 Å². The van der Waals surface area contributed by atoms with Crippen LogP contribution in [0.1, 0.15) is 128 Å². The number of urea groups is 2. The first-order valence-electron chi connectivity index (χ1n) is 45.2. The number of imide groups is 1. The Hall–Kier alpha value is -15.1. The lowest BCUT2D eigenvalue weighted by atomic mass is 9.89. The molecule has 53 nitrogen and oxygen atoms in total. The summed E-state index contributed by atoms with van der Waals surface area (Å²) in [5, 5.41) is 108. The summed E-state index contributed by atoms with van der Waals surface area (Å²) in [4.78, 5) is 269. The SMILES string of the molecule is N=c1ccc2c(-c3ccc(C(=O)CCCN4C(=O)CC(SCC(CC(=O)C(Cc5ccccc5)NC(=O)CCOCCOCCNC(=O)CC[C@@H](NC(=O)N[C@H](CCC(=O)O)C(=O)O)C(=O)O)C(=O)C(=O)O)C4=O)cc3C(=O)O)c3ccc(N)c(S(=O)(=O)O)c3oc-2c1S(=O)(=O)O.O=C(O)CC[C@@H](NC(=O)N[C@H](CCC(=O)NCCOCCOCCC(=O)NC(Cc1ccccc1)C(=O)CC(CS)C(=O)C(=O)O)C(=O)O)C(=O)O. The molecule has 808 valence electrons. The van der Waals surface area contributed by atoms with Crippen LogP contribution in [0.3, 0.4) is 0 Å². The summed E-state index contributed by atoms with van der Waals surface area (Å²) in [5.74, 6) is -26.3. The molecule has 10 amide bonds. The third-order valence-corrected chi connectivity index (χ3v) is 25.7. The lowest BCUT2D eigenvalue weighted by Crippen LogP contribution is -2.51. The van der Waals surface area contributed by atoms with Crippen LogP contribution >= 0.6 is 24.4 Å². The molecule has 0 aromatic heterocycles. The highest BCUT2D eigenvalue weighted by molar-refractivity contribution is 8.00. The fraction of sp³-hybridized carbons (Fsp3) is 0.424. The zero-order valence-electron chi connectivity index (χ0n) is 79.0. The number of Topliss-reactive ketones (excluding diaryl/α,β-unsaturated/α-hetero) is 5. The summed E-state index contributed by atoms with van der Waals surface area (Å²) >= 11 is 4.73. The number of aliphatic carboxylic acids is 8. The molecular weight excluding hydrogens is 2060 g/mol. The number of ether oxygens (including phenoxy) is 4. The van der Waals surface area contributed by atoms with Crippen LogP contribution in [-0.2, 0) is 138 Å². The monoisotopic (exact) mass is 2170 g/mol. The molecular formula is C92H109N11O42S4. The largest absolute Gasteiger partial charge is 0.481 e. The lowest BCUT2D eigenvalue weighted by Gasteiger charge is -2.21. The number of carbonyl (C=O) groups is 22. The number of nitrogens with zero attached hydrogens (tertiary/aromatic N) is 1. The van der Waals surface area contributed by atoms with Crippen LogP contribution in [0.4, 0.5) is 15.3 Å². The minimum Gasteiger partial charge on any atom is -0.481 e. The Labute approximate surface area is 855 Å². The van der Waals surface area contributed by atoms with Gasteiger partial charge < -0.3 is 118 Å². The molecule has 0 spiro atoms. The second-order valence-corrected chi connectivity index (χ2v) is 37.2. The number of anilines is 1. The van der Waals surface area contributed by atoms with Gasteiger partial charge in [0.05, 0.1) is 86.8 Å². The molecule has 22 N–H and O–H groups in total. The van der Waals surface area contributed by atoms with Crippen LogP contribution in [-0.4, -0.2) is 332 Å². The van der Waals surface area contributed by atoms with Crippen LogP contribution in [0.15, 0.2) is 117 Å². The number of hydrogen-bond donors (Lipinski definition) is 22. The number of hydrogen-bond acceptors (Lipinski definition) is 35. The van der Waals surface area contributed by atoms with E-state index in [-0.39, 0.29) is 157 Å². The van der Waals surface area contributed by atoms with E-state index in [9.17, 15) is 157 Å². The van der Waals surface area contributed by atoms with E-state index in [1.54, 1.807) is 60.7 Å². The zero-order chi connectivity index (χ0) is 111. The van der Waals surface area contributed by atoms with Crippen molar-refractivity contribution in [1.29, 1.82) is 5.41 Å². The van der Waals surface area contributed by atoms with Crippen molar-refractivity contribution in [2.75, 3.05) is 89.7 Å². The molecule has 1 aliphatic carbocycles. The van der Waals surface area contributed by atoms with E-state index in [4.69, 9.17) is 54.9 Å². The smallest absolute Gasteiger partial charge is 0.372 e.